The van der Waals surface area contributed by atoms with E-state index in [0.29, 0.717) is 17.7 Å². The number of carbonyl (C=O) groups is 2. The largest absolute Gasteiger partial charge is 0.484 e. The van der Waals surface area contributed by atoms with Crippen LogP contribution in [-0.2, 0) is 4.79 Å². The van der Waals surface area contributed by atoms with Gasteiger partial charge in [0.05, 0.1) is 11.8 Å². The van der Waals surface area contributed by atoms with E-state index in [4.69, 9.17) is 4.74 Å². The molecule has 1 atom stereocenters. The average Bonchev–Trinajstić information content (AvgIpc) is 3.43. The first kappa shape index (κ1) is 19.0. The van der Waals surface area contributed by atoms with Crippen molar-refractivity contribution < 1.29 is 18.7 Å². The van der Waals surface area contributed by atoms with Gasteiger partial charge in [-0.05, 0) is 53.4 Å². The van der Waals surface area contributed by atoms with Crippen LogP contribution in [0.15, 0.2) is 71.1 Å². The van der Waals surface area contributed by atoms with E-state index in [-0.39, 0.29) is 24.4 Å². The van der Waals surface area contributed by atoms with Crippen LogP contribution in [0.25, 0.3) is 0 Å². The number of halogens is 1. The molecule has 146 valence electrons. The van der Waals surface area contributed by atoms with E-state index in [9.17, 15) is 14.0 Å². The SMILES string of the molecule is O=Cc1ccc(OCC(=O)N2N=C(c3ccc(F)cc3)CC2c2cccs2)cc1. The number of nitrogens with zero attached hydrogens (tertiary/aromatic N) is 2. The number of rotatable bonds is 6. The van der Waals surface area contributed by atoms with E-state index in [1.165, 1.54) is 17.1 Å². The van der Waals surface area contributed by atoms with Crippen LogP contribution in [-0.4, -0.2) is 29.5 Å². The quantitative estimate of drug-likeness (QED) is 0.566. The third-order valence-corrected chi connectivity index (χ3v) is 5.57. The zero-order valence-electron chi connectivity index (χ0n) is 15.3. The summed E-state index contributed by atoms with van der Waals surface area (Å²) in [5.41, 5.74) is 2.05. The molecule has 1 aliphatic rings. The third kappa shape index (κ3) is 4.25. The molecule has 0 saturated heterocycles. The number of ether oxygens (including phenoxy) is 1. The number of amides is 1. The summed E-state index contributed by atoms with van der Waals surface area (Å²) in [6, 6.07) is 16.3. The van der Waals surface area contributed by atoms with Gasteiger partial charge in [-0.25, -0.2) is 9.40 Å². The van der Waals surface area contributed by atoms with Gasteiger partial charge in [-0.15, -0.1) is 11.3 Å². The first-order chi connectivity index (χ1) is 14.1. The molecule has 0 radical (unpaired) electrons. The van der Waals surface area contributed by atoms with Crippen LogP contribution in [0.4, 0.5) is 4.39 Å². The van der Waals surface area contributed by atoms with Gasteiger partial charge in [-0.2, -0.15) is 5.10 Å². The molecule has 2 aromatic carbocycles. The standard InChI is InChI=1S/C22H17FN2O3S/c23-17-7-5-16(6-8-17)19-12-20(21-2-1-11-29-21)25(24-19)22(27)14-28-18-9-3-15(13-26)4-10-18/h1-11,13,20H,12,14H2. The number of hydrazone groups is 1. The van der Waals surface area contributed by atoms with Crippen LogP contribution in [0, 0.1) is 5.82 Å². The van der Waals surface area contributed by atoms with Gasteiger partial charge in [0.25, 0.3) is 5.91 Å². The fraction of sp³-hybridized carbons (Fsp3) is 0.136. The predicted molar refractivity (Wildman–Crippen MR) is 109 cm³/mol. The molecule has 1 aromatic heterocycles. The first-order valence-electron chi connectivity index (χ1n) is 9.01. The molecule has 3 aromatic rings. The summed E-state index contributed by atoms with van der Waals surface area (Å²) in [6.07, 6.45) is 1.29. The molecule has 1 unspecified atom stereocenters. The van der Waals surface area contributed by atoms with Crippen molar-refractivity contribution in [1.29, 1.82) is 0 Å². The highest BCUT2D eigenvalue weighted by atomic mass is 32.1. The summed E-state index contributed by atoms with van der Waals surface area (Å²) in [7, 11) is 0. The highest BCUT2D eigenvalue weighted by Gasteiger charge is 2.33. The third-order valence-electron chi connectivity index (χ3n) is 4.59. The number of thiophene rings is 1. The molecule has 0 saturated carbocycles. The molecule has 5 nitrogen and oxygen atoms in total. The molecule has 29 heavy (non-hydrogen) atoms. The van der Waals surface area contributed by atoms with Crippen LogP contribution in [0.2, 0.25) is 0 Å². The summed E-state index contributed by atoms with van der Waals surface area (Å²) in [5.74, 6) is -0.0948. The van der Waals surface area contributed by atoms with Gasteiger partial charge in [-0.1, -0.05) is 18.2 Å². The lowest BCUT2D eigenvalue weighted by Crippen LogP contribution is -2.31. The Kier molecular flexibility index (Phi) is 5.48. The molecule has 1 aliphatic heterocycles. The number of hydrogen-bond donors (Lipinski definition) is 0. The van der Waals surface area contributed by atoms with Crippen molar-refractivity contribution >= 4 is 29.2 Å². The summed E-state index contributed by atoms with van der Waals surface area (Å²) in [4.78, 5) is 24.6. The van der Waals surface area contributed by atoms with Gasteiger partial charge < -0.3 is 4.74 Å². The Labute approximate surface area is 171 Å². The maximum Gasteiger partial charge on any atom is 0.281 e. The number of carbonyl (C=O) groups excluding carboxylic acids is 2. The summed E-state index contributed by atoms with van der Waals surface area (Å²) in [6.45, 7) is -0.178. The van der Waals surface area contributed by atoms with E-state index in [1.807, 2.05) is 17.5 Å². The second-order valence-electron chi connectivity index (χ2n) is 6.50. The normalized spacial score (nSPS) is 15.8. The second kappa shape index (κ2) is 8.36. The highest BCUT2D eigenvalue weighted by Crippen LogP contribution is 2.35. The number of aldehydes is 1. The number of hydrogen-bond acceptors (Lipinski definition) is 5. The average molecular weight is 408 g/mol. The van der Waals surface area contributed by atoms with Crippen molar-refractivity contribution in [3.8, 4) is 5.75 Å². The molecule has 0 aliphatic carbocycles. The van der Waals surface area contributed by atoms with Crippen LogP contribution in [0.1, 0.15) is 33.3 Å². The van der Waals surface area contributed by atoms with Gasteiger partial charge in [0.15, 0.2) is 6.61 Å². The topological polar surface area (TPSA) is 59.0 Å². The van der Waals surface area contributed by atoms with Crippen molar-refractivity contribution in [3.63, 3.8) is 0 Å². The zero-order valence-corrected chi connectivity index (χ0v) is 16.1. The minimum Gasteiger partial charge on any atom is -0.484 e. The monoisotopic (exact) mass is 408 g/mol. The van der Waals surface area contributed by atoms with Crippen LogP contribution in [0.5, 0.6) is 5.75 Å². The minimum atomic E-state index is -0.316. The molecule has 7 heteroatoms. The Morgan fingerprint density at radius 1 is 1.17 bits per heavy atom. The lowest BCUT2D eigenvalue weighted by Gasteiger charge is -2.20. The van der Waals surface area contributed by atoms with E-state index < -0.39 is 0 Å². The summed E-state index contributed by atoms with van der Waals surface area (Å²) in [5, 5.41) is 7.93. The van der Waals surface area contributed by atoms with Crippen LogP contribution in [0.3, 0.4) is 0 Å². The van der Waals surface area contributed by atoms with Crippen molar-refractivity contribution in [2.75, 3.05) is 6.61 Å². The fourth-order valence-corrected chi connectivity index (χ4v) is 3.93. The fourth-order valence-electron chi connectivity index (χ4n) is 3.11. The molecule has 0 bridgehead atoms. The lowest BCUT2D eigenvalue weighted by atomic mass is 10.0. The molecule has 0 spiro atoms. The second-order valence-corrected chi connectivity index (χ2v) is 7.48. The van der Waals surface area contributed by atoms with Crippen LogP contribution >= 0.6 is 11.3 Å². The maximum absolute atomic E-state index is 13.2. The molecule has 1 amide bonds. The minimum absolute atomic E-state index is 0.178. The van der Waals surface area contributed by atoms with Crippen molar-refractivity contribution in [1.82, 2.24) is 5.01 Å². The summed E-state index contributed by atoms with van der Waals surface area (Å²) < 4.78 is 18.8. The Hall–Kier alpha value is -3.32. The molecule has 0 N–H and O–H groups in total. The van der Waals surface area contributed by atoms with E-state index in [0.717, 1.165) is 22.4 Å². The maximum atomic E-state index is 13.2. The molecular weight excluding hydrogens is 391 g/mol. The highest BCUT2D eigenvalue weighted by molar-refractivity contribution is 7.10. The predicted octanol–water partition coefficient (Wildman–Crippen LogP) is 4.46. The Bertz CT molecular complexity index is 1030. The Balaban J connectivity index is 1.52. The molecular formula is C22H17FN2O3S. The zero-order chi connectivity index (χ0) is 20.2. The van der Waals surface area contributed by atoms with Crippen LogP contribution < -0.4 is 4.74 Å². The first-order valence-corrected chi connectivity index (χ1v) is 9.89. The van der Waals surface area contributed by atoms with E-state index in [1.54, 1.807) is 47.7 Å². The Morgan fingerprint density at radius 3 is 2.59 bits per heavy atom. The van der Waals surface area contributed by atoms with Crippen molar-refractivity contribution in [3.05, 3.63) is 87.9 Å². The summed E-state index contributed by atoms with van der Waals surface area (Å²) >= 11 is 1.56. The van der Waals surface area contributed by atoms with E-state index in [2.05, 4.69) is 5.10 Å². The van der Waals surface area contributed by atoms with Gasteiger partial charge in [0.1, 0.15) is 17.9 Å². The lowest BCUT2D eigenvalue weighted by molar-refractivity contribution is -0.135. The molecule has 2 heterocycles. The van der Waals surface area contributed by atoms with Crippen molar-refractivity contribution in [2.45, 2.75) is 12.5 Å². The van der Waals surface area contributed by atoms with Crippen molar-refractivity contribution in [2.24, 2.45) is 5.10 Å². The number of benzene rings is 2. The van der Waals surface area contributed by atoms with E-state index >= 15 is 0 Å². The Morgan fingerprint density at radius 2 is 1.93 bits per heavy atom. The van der Waals surface area contributed by atoms with Gasteiger partial charge >= 0.3 is 0 Å². The van der Waals surface area contributed by atoms with Gasteiger partial charge in [0.2, 0.25) is 0 Å². The van der Waals surface area contributed by atoms with Gasteiger partial charge in [0, 0.05) is 16.9 Å². The molecule has 0 fully saturated rings. The van der Waals surface area contributed by atoms with Gasteiger partial charge in [-0.3, -0.25) is 9.59 Å². The smallest absolute Gasteiger partial charge is 0.281 e. The molecule has 4 rings (SSSR count).